The van der Waals surface area contributed by atoms with E-state index in [4.69, 9.17) is 9.84 Å². The first-order chi connectivity index (χ1) is 8.97. The van der Waals surface area contributed by atoms with Crippen LogP contribution in [-0.2, 0) is 22.4 Å². The summed E-state index contributed by atoms with van der Waals surface area (Å²) in [5.74, 6) is -0.424. The van der Waals surface area contributed by atoms with Crippen molar-refractivity contribution in [2.75, 3.05) is 20.7 Å². The minimum absolute atomic E-state index is 0.195. The molecular formula is C14H19NO4. The zero-order valence-electron chi connectivity index (χ0n) is 11.5. The molecule has 0 spiro atoms. The number of benzene rings is 1. The maximum atomic E-state index is 11.8. The van der Waals surface area contributed by atoms with Crippen LogP contribution in [0.15, 0.2) is 18.2 Å². The number of methoxy groups -OCH3 is 1. The van der Waals surface area contributed by atoms with Crippen molar-refractivity contribution in [2.24, 2.45) is 0 Å². The summed E-state index contributed by atoms with van der Waals surface area (Å²) in [6.07, 6.45) is 1.01. The first kappa shape index (κ1) is 15.0. The van der Waals surface area contributed by atoms with Gasteiger partial charge in [-0.25, -0.2) is 0 Å². The maximum absolute atomic E-state index is 11.8. The van der Waals surface area contributed by atoms with Gasteiger partial charge in [-0.1, -0.05) is 19.1 Å². The molecular weight excluding hydrogens is 246 g/mol. The van der Waals surface area contributed by atoms with Crippen LogP contribution < -0.4 is 4.74 Å². The highest BCUT2D eigenvalue weighted by Crippen LogP contribution is 2.20. The first-order valence-electron chi connectivity index (χ1n) is 6.09. The van der Waals surface area contributed by atoms with E-state index in [0.717, 1.165) is 23.3 Å². The van der Waals surface area contributed by atoms with Gasteiger partial charge in [-0.05, 0) is 23.6 Å². The summed E-state index contributed by atoms with van der Waals surface area (Å²) in [6, 6.07) is 5.58. The summed E-state index contributed by atoms with van der Waals surface area (Å²) in [6.45, 7) is 1.73. The zero-order chi connectivity index (χ0) is 14.4. The Morgan fingerprint density at radius 1 is 1.37 bits per heavy atom. The third kappa shape index (κ3) is 4.28. The Kier molecular flexibility index (Phi) is 5.36. The van der Waals surface area contributed by atoms with Crippen LogP contribution >= 0.6 is 0 Å². The number of hydrogen-bond donors (Lipinski definition) is 1. The summed E-state index contributed by atoms with van der Waals surface area (Å²) in [5.41, 5.74) is 1.90. The van der Waals surface area contributed by atoms with Crippen LogP contribution in [0.4, 0.5) is 0 Å². The Morgan fingerprint density at radius 2 is 2.05 bits per heavy atom. The van der Waals surface area contributed by atoms with Gasteiger partial charge in [-0.3, -0.25) is 9.59 Å². The second kappa shape index (κ2) is 6.78. The third-order valence-corrected chi connectivity index (χ3v) is 2.88. The number of aliphatic carboxylic acids is 1. The highest BCUT2D eigenvalue weighted by Gasteiger charge is 2.13. The van der Waals surface area contributed by atoms with Crippen LogP contribution in [0.3, 0.4) is 0 Å². The van der Waals surface area contributed by atoms with Crippen molar-refractivity contribution in [1.82, 2.24) is 4.90 Å². The number of carboxylic acid groups (broad SMARTS) is 1. The normalized spacial score (nSPS) is 10.1. The predicted molar refractivity (Wildman–Crippen MR) is 71.3 cm³/mol. The standard InChI is InChI=1S/C14H19NO4/c1-4-11-7-10(5-6-12(11)19-3)8-13(16)15(2)9-14(17)18/h5-7H,4,8-9H2,1-3H3,(H,17,18). The van der Waals surface area contributed by atoms with Gasteiger partial charge in [-0.15, -0.1) is 0 Å². The molecule has 0 aliphatic carbocycles. The van der Waals surface area contributed by atoms with Crippen LogP contribution in [0.5, 0.6) is 5.75 Å². The molecule has 104 valence electrons. The molecule has 0 heterocycles. The number of aryl methyl sites for hydroxylation is 1. The molecule has 1 N–H and O–H groups in total. The average molecular weight is 265 g/mol. The molecule has 0 saturated heterocycles. The number of hydrogen-bond acceptors (Lipinski definition) is 3. The molecule has 0 bridgehead atoms. The van der Waals surface area contributed by atoms with Crippen LogP contribution in [-0.4, -0.2) is 42.6 Å². The SMILES string of the molecule is CCc1cc(CC(=O)N(C)CC(=O)O)ccc1OC. The van der Waals surface area contributed by atoms with Gasteiger partial charge in [0.15, 0.2) is 0 Å². The molecule has 0 atom stereocenters. The molecule has 0 saturated carbocycles. The van der Waals surface area contributed by atoms with Crippen molar-refractivity contribution >= 4 is 11.9 Å². The van der Waals surface area contributed by atoms with E-state index in [9.17, 15) is 9.59 Å². The quantitative estimate of drug-likeness (QED) is 0.843. The van der Waals surface area contributed by atoms with Crippen molar-refractivity contribution in [1.29, 1.82) is 0 Å². The Bertz CT molecular complexity index is 471. The fourth-order valence-corrected chi connectivity index (χ4v) is 1.82. The number of nitrogens with zero attached hydrogens (tertiary/aromatic N) is 1. The lowest BCUT2D eigenvalue weighted by molar-refractivity contribution is -0.143. The summed E-state index contributed by atoms with van der Waals surface area (Å²) in [5, 5.41) is 8.64. The number of carbonyl (C=O) groups is 2. The monoisotopic (exact) mass is 265 g/mol. The molecule has 0 radical (unpaired) electrons. The van der Waals surface area contributed by atoms with Crippen LogP contribution in [0, 0.1) is 0 Å². The van der Waals surface area contributed by atoms with Crippen LogP contribution in [0.25, 0.3) is 0 Å². The van der Waals surface area contributed by atoms with E-state index in [-0.39, 0.29) is 18.9 Å². The second-order valence-corrected chi connectivity index (χ2v) is 4.32. The Hall–Kier alpha value is -2.04. The van der Waals surface area contributed by atoms with Gasteiger partial charge in [-0.2, -0.15) is 0 Å². The number of carbonyl (C=O) groups excluding carboxylic acids is 1. The molecule has 5 heteroatoms. The largest absolute Gasteiger partial charge is 0.496 e. The van der Waals surface area contributed by atoms with Crippen molar-refractivity contribution < 1.29 is 19.4 Å². The highest BCUT2D eigenvalue weighted by molar-refractivity contribution is 5.82. The van der Waals surface area contributed by atoms with E-state index in [2.05, 4.69) is 0 Å². The van der Waals surface area contributed by atoms with E-state index in [1.54, 1.807) is 7.11 Å². The minimum atomic E-state index is -1.01. The van der Waals surface area contributed by atoms with E-state index in [0.29, 0.717) is 0 Å². The lowest BCUT2D eigenvalue weighted by Crippen LogP contribution is -2.33. The molecule has 0 aliphatic heterocycles. The van der Waals surface area contributed by atoms with Crippen molar-refractivity contribution in [3.8, 4) is 5.75 Å². The molecule has 1 aromatic rings. The Balaban J connectivity index is 2.77. The predicted octanol–water partition coefficient (Wildman–Crippen LogP) is 1.34. The Morgan fingerprint density at radius 3 is 2.58 bits per heavy atom. The summed E-state index contributed by atoms with van der Waals surface area (Å²) in [4.78, 5) is 23.6. The number of likely N-dealkylation sites (N-methyl/N-ethyl adjacent to an activating group) is 1. The molecule has 1 amide bonds. The third-order valence-electron chi connectivity index (χ3n) is 2.88. The van der Waals surface area contributed by atoms with E-state index in [1.165, 1.54) is 11.9 Å². The molecule has 1 aromatic carbocycles. The fourth-order valence-electron chi connectivity index (χ4n) is 1.82. The molecule has 1 rings (SSSR count). The maximum Gasteiger partial charge on any atom is 0.323 e. The number of rotatable bonds is 6. The van der Waals surface area contributed by atoms with Gasteiger partial charge in [0.1, 0.15) is 12.3 Å². The molecule has 0 unspecified atom stereocenters. The second-order valence-electron chi connectivity index (χ2n) is 4.32. The molecule has 0 fully saturated rings. The van der Waals surface area contributed by atoms with Gasteiger partial charge < -0.3 is 14.7 Å². The number of amides is 1. The van der Waals surface area contributed by atoms with Gasteiger partial charge in [0.25, 0.3) is 0 Å². The van der Waals surface area contributed by atoms with Crippen molar-refractivity contribution in [3.63, 3.8) is 0 Å². The average Bonchev–Trinajstić information content (AvgIpc) is 2.37. The van der Waals surface area contributed by atoms with Gasteiger partial charge in [0, 0.05) is 7.05 Å². The Labute approximate surface area is 112 Å². The minimum Gasteiger partial charge on any atom is -0.496 e. The van der Waals surface area contributed by atoms with Crippen LogP contribution in [0.1, 0.15) is 18.1 Å². The first-order valence-corrected chi connectivity index (χ1v) is 6.09. The van der Waals surface area contributed by atoms with Crippen LogP contribution in [0.2, 0.25) is 0 Å². The lowest BCUT2D eigenvalue weighted by Gasteiger charge is -2.15. The topological polar surface area (TPSA) is 66.8 Å². The summed E-state index contributed by atoms with van der Waals surface area (Å²) >= 11 is 0. The van der Waals surface area contributed by atoms with E-state index < -0.39 is 5.97 Å². The van der Waals surface area contributed by atoms with Gasteiger partial charge in [0.2, 0.25) is 5.91 Å². The zero-order valence-corrected chi connectivity index (χ0v) is 11.5. The molecule has 19 heavy (non-hydrogen) atoms. The summed E-state index contributed by atoms with van der Waals surface area (Å²) in [7, 11) is 3.10. The summed E-state index contributed by atoms with van der Waals surface area (Å²) < 4.78 is 5.22. The lowest BCUT2D eigenvalue weighted by atomic mass is 10.0. The van der Waals surface area contributed by atoms with E-state index >= 15 is 0 Å². The van der Waals surface area contributed by atoms with Crippen molar-refractivity contribution in [2.45, 2.75) is 19.8 Å². The number of ether oxygens (including phenoxy) is 1. The fraction of sp³-hybridized carbons (Fsp3) is 0.429. The van der Waals surface area contributed by atoms with Crippen molar-refractivity contribution in [3.05, 3.63) is 29.3 Å². The number of carboxylic acids is 1. The van der Waals surface area contributed by atoms with Gasteiger partial charge >= 0.3 is 5.97 Å². The van der Waals surface area contributed by atoms with Gasteiger partial charge in [0.05, 0.1) is 13.5 Å². The smallest absolute Gasteiger partial charge is 0.323 e. The van der Waals surface area contributed by atoms with E-state index in [1.807, 2.05) is 25.1 Å². The molecule has 0 aliphatic rings. The highest BCUT2D eigenvalue weighted by atomic mass is 16.5. The molecule has 5 nitrogen and oxygen atoms in total. The molecule has 0 aromatic heterocycles.